The van der Waals surface area contributed by atoms with Gasteiger partial charge in [-0.2, -0.15) is 10.1 Å². The molecule has 1 amide bonds. The summed E-state index contributed by atoms with van der Waals surface area (Å²) < 4.78 is 52.0. The van der Waals surface area contributed by atoms with Crippen molar-refractivity contribution in [1.29, 1.82) is 0 Å². The van der Waals surface area contributed by atoms with Crippen LogP contribution >= 0.6 is 7.75 Å². The first-order chi connectivity index (χ1) is 18.8. The molecule has 13 nitrogen and oxygen atoms in total. The number of hydrogen-bond donors (Lipinski definition) is 3. The van der Waals surface area contributed by atoms with Crippen LogP contribution in [-0.2, 0) is 28.2 Å². The first kappa shape index (κ1) is 31.4. The van der Waals surface area contributed by atoms with Gasteiger partial charge in [0.2, 0.25) is 5.91 Å². The van der Waals surface area contributed by atoms with Crippen molar-refractivity contribution in [1.82, 2.24) is 14.6 Å². The number of nitrogens with one attached hydrogen (secondary N) is 2. The summed E-state index contributed by atoms with van der Waals surface area (Å²) >= 11 is 0. The topological polar surface area (TPSA) is 167 Å². The number of ether oxygens (including phenoxy) is 2. The Morgan fingerprint density at radius 3 is 2.52 bits per heavy atom. The summed E-state index contributed by atoms with van der Waals surface area (Å²) in [6, 6.07) is 8.15. The lowest BCUT2D eigenvalue weighted by molar-refractivity contribution is -0.149. The molecule has 1 fully saturated rings. The van der Waals surface area contributed by atoms with Gasteiger partial charge < -0.3 is 24.4 Å². The van der Waals surface area contributed by atoms with Crippen LogP contribution in [0.5, 0.6) is 5.75 Å². The second-order valence-corrected chi connectivity index (χ2v) is 11.3. The second-order valence-electron chi connectivity index (χ2n) is 9.56. The van der Waals surface area contributed by atoms with Crippen LogP contribution < -0.4 is 20.6 Å². The SMILES string of the molecule is CCC(=O)Nc1ccn([C@@H]2O[C@H](CO[P@@](=O)(N[C@@H](C)C(=O)OC(C)C)Oc3ccccc3)[C@@H](O)[C@@]2(C)F)c(=O)n1. The van der Waals surface area contributed by atoms with E-state index >= 15 is 4.39 Å². The Labute approximate surface area is 230 Å². The lowest BCUT2D eigenvalue weighted by Crippen LogP contribution is -2.43. The van der Waals surface area contributed by atoms with E-state index in [-0.39, 0.29) is 23.9 Å². The lowest BCUT2D eigenvalue weighted by Gasteiger charge is -2.25. The van der Waals surface area contributed by atoms with Gasteiger partial charge >= 0.3 is 19.4 Å². The van der Waals surface area contributed by atoms with Gasteiger partial charge in [-0.1, -0.05) is 25.1 Å². The van der Waals surface area contributed by atoms with Gasteiger partial charge in [0.15, 0.2) is 11.9 Å². The second kappa shape index (κ2) is 13.0. The van der Waals surface area contributed by atoms with Crippen LogP contribution in [0.3, 0.4) is 0 Å². The Morgan fingerprint density at radius 1 is 1.25 bits per heavy atom. The van der Waals surface area contributed by atoms with Gasteiger partial charge in [-0.3, -0.25) is 18.7 Å². The molecular weight excluding hydrogens is 550 g/mol. The highest BCUT2D eigenvalue weighted by Gasteiger charge is 2.56. The predicted octanol–water partition coefficient (Wildman–Crippen LogP) is 2.71. The largest absolute Gasteiger partial charge is 0.462 e. The number of amides is 1. The molecule has 6 atom stereocenters. The number of rotatable bonds is 12. The van der Waals surface area contributed by atoms with Gasteiger partial charge in [-0.05, 0) is 45.9 Å². The van der Waals surface area contributed by atoms with E-state index in [2.05, 4.69) is 15.4 Å². The minimum atomic E-state index is -4.33. The number of hydrogen-bond acceptors (Lipinski definition) is 10. The number of esters is 1. The fourth-order valence-electron chi connectivity index (χ4n) is 3.75. The number of halogens is 1. The van der Waals surface area contributed by atoms with Gasteiger partial charge in [0.1, 0.15) is 29.8 Å². The molecular formula is C25H34FN4O9P. The molecule has 1 aliphatic heterocycles. The van der Waals surface area contributed by atoms with Crippen LogP contribution in [0.2, 0.25) is 0 Å². The molecule has 220 valence electrons. The van der Waals surface area contributed by atoms with Crippen molar-refractivity contribution in [3.63, 3.8) is 0 Å². The van der Waals surface area contributed by atoms with Gasteiger partial charge in [0.05, 0.1) is 12.7 Å². The first-order valence-corrected chi connectivity index (χ1v) is 14.2. The molecule has 15 heteroatoms. The smallest absolute Gasteiger partial charge is 0.459 e. The molecule has 0 aliphatic carbocycles. The number of aliphatic hydroxyl groups excluding tert-OH is 1. The number of nitrogens with zero attached hydrogens (tertiary/aromatic N) is 2. The molecule has 1 saturated heterocycles. The predicted molar refractivity (Wildman–Crippen MR) is 141 cm³/mol. The Morgan fingerprint density at radius 2 is 1.93 bits per heavy atom. The molecule has 1 aliphatic rings. The zero-order valence-corrected chi connectivity index (χ0v) is 23.7. The third-order valence-corrected chi connectivity index (χ3v) is 7.47. The van der Waals surface area contributed by atoms with E-state index in [1.54, 1.807) is 39.0 Å². The maximum atomic E-state index is 15.7. The average Bonchev–Trinajstić information content (AvgIpc) is 3.11. The number of benzene rings is 1. The number of anilines is 1. The maximum Gasteiger partial charge on any atom is 0.459 e. The summed E-state index contributed by atoms with van der Waals surface area (Å²) in [5.41, 5.74) is -3.44. The quantitative estimate of drug-likeness (QED) is 0.248. The van der Waals surface area contributed by atoms with Gasteiger partial charge in [-0.25, -0.2) is 13.8 Å². The summed E-state index contributed by atoms with van der Waals surface area (Å²) in [6.45, 7) is 6.71. The molecule has 2 aromatic rings. The summed E-state index contributed by atoms with van der Waals surface area (Å²) in [6.07, 6.45) is -3.95. The maximum absolute atomic E-state index is 15.7. The standard InChI is InChI=1S/C25H34FN4O9P/c1-6-20(31)27-19-12-13-30(24(34)28-19)23-25(5,26)21(32)18(38-23)14-36-40(35,39-17-10-8-7-9-11-17)29-16(4)22(33)37-15(2)3/h7-13,15-16,18,21,23,32H,6,14H2,1-5H3,(H,29,35)(H,27,28,31,34)/t16-,18+,21+,23+,25+,40-/m0/s1. The molecule has 1 aromatic heterocycles. The summed E-state index contributed by atoms with van der Waals surface area (Å²) in [7, 11) is -4.33. The lowest BCUT2D eigenvalue weighted by atomic mass is 9.98. The minimum Gasteiger partial charge on any atom is -0.462 e. The molecule has 1 aromatic carbocycles. The molecule has 0 spiro atoms. The monoisotopic (exact) mass is 584 g/mol. The van der Waals surface area contributed by atoms with Crippen LogP contribution in [0, 0.1) is 0 Å². The highest BCUT2D eigenvalue weighted by atomic mass is 31.2. The minimum absolute atomic E-state index is 0.0257. The zero-order valence-electron chi connectivity index (χ0n) is 22.8. The van der Waals surface area contributed by atoms with E-state index in [1.165, 1.54) is 31.3 Å². The number of para-hydroxylation sites is 1. The van der Waals surface area contributed by atoms with E-state index < -0.39 is 62.3 Å². The molecule has 0 saturated carbocycles. The van der Waals surface area contributed by atoms with Gasteiger partial charge in [0, 0.05) is 12.6 Å². The highest BCUT2D eigenvalue weighted by molar-refractivity contribution is 7.52. The van der Waals surface area contributed by atoms with Crippen LogP contribution in [0.15, 0.2) is 47.4 Å². The van der Waals surface area contributed by atoms with Crippen LogP contribution in [0.4, 0.5) is 10.2 Å². The summed E-state index contributed by atoms with van der Waals surface area (Å²) in [5, 5.41) is 15.6. The summed E-state index contributed by atoms with van der Waals surface area (Å²) in [5.74, 6) is -0.958. The number of carbonyl (C=O) groups is 2. The van der Waals surface area contributed by atoms with Crippen molar-refractivity contribution in [3.05, 3.63) is 53.1 Å². The average molecular weight is 585 g/mol. The van der Waals surface area contributed by atoms with Crippen molar-refractivity contribution in [3.8, 4) is 5.75 Å². The van der Waals surface area contributed by atoms with E-state index in [1.807, 2.05) is 0 Å². The Kier molecular flexibility index (Phi) is 10.2. The van der Waals surface area contributed by atoms with Crippen LogP contribution in [0.1, 0.15) is 47.3 Å². The molecule has 0 unspecified atom stereocenters. The van der Waals surface area contributed by atoms with E-state index in [0.717, 1.165) is 11.5 Å². The Bertz CT molecular complexity index is 1290. The van der Waals surface area contributed by atoms with Crippen LogP contribution in [-0.4, -0.2) is 63.2 Å². The fourth-order valence-corrected chi connectivity index (χ4v) is 5.25. The molecule has 3 N–H and O–H groups in total. The van der Waals surface area contributed by atoms with E-state index in [9.17, 15) is 24.1 Å². The molecule has 2 heterocycles. The molecule has 0 radical (unpaired) electrons. The molecule has 40 heavy (non-hydrogen) atoms. The Balaban J connectivity index is 1.79. The van der Waals surface area contributed by atoms with Crippen molar-refractivity contribution >= 4 is 25.4 Å². The number of aromatic nitrogens is 2. The van der Waals surface area contributed by atoms with Crippen molar-refractivity contribution < 1.29 is 42.2 Å². The van der Waals surface area contributed by atoms with Gasteiger partial charge in [0.25, 0.3) is 0 Å². The highest BCUT2D eigenvalue weighted by Crippen LogP contribution is 2.47. The van der Waals surface area contributed by atoms with Crippen LogP contribution in [0.25, 0.3) is 0 Å². The number of aliphatic hydroxyl groups is 1. The Hall–Kier alpha value is -3.16. The fraction of sp³-hybridized carbons (Fsp3) is 0.520. The van der Waals surface area contributed by atoms with Crippen molar-refractivity contribution in [2.45, 2.75) is 77.3 Å². The number of alkyl halides is 1. The van der Waals surface area contributed by atoms with E-state index in [0.29, 0.717) is 0 Å². The van der Waals surface area contributed by atoms with Crippen molar-refractivity contribution in [2.24, 2.45) is 0 Å². The first-order valence-electron chi connectivity index (χ1n) is 12.6. The zero-order chi connectivity index (χ0) is 29.7. The van der Waals surface area contributed by atoms with E-state index in [4.69, 9.17) is 18.5 Å². The van der Waals surface area contributed by atoms with Crippen molar-refractivity contribution in [2.75, 3.05) is 11.9 Å². The third kappa shape index (κ3) is 7.73. The summed E-state index contributed by atoms with van der Waals surface area (Å²) in [4.78, 5) is 40.2. The normalized spacial score (nSPS) is 24.8. The molecule has 0 bridgehead atoms. The van der Waals surface area contributed by atoms with Gasteiger partial charge in [-0.15, -0.1) is 0 Å². The third-order valence-electron chi connectivity index (χ3n) is 5.82. The number of carbonyl (C=O) groups excluding carboxylic acids is 2. The molecule has 3 rings (SSSR count).